The first kappa shape index (κ1) is 12.2. The second kappa shape index (κ2) is 4.30. The Morgan fingerprint density at radius 1 is 1.38 bits per heavy atom. The highest BCUT2D eigenvalue weighted by atomic mass is 19.4. The van der Waals surface area contributed by atoms with Crippen molar-refractivity contribution in [3.63, 3.8) is 0 Å². The van der Waals surface area contributed by atoms with E-state index in [0.717, 1.165) is 25.1 Å². The second-order valence-corrected chi connectivity index (χ2v) is 2.75. The summed E-state index contributed by atoms with van der Waals surface area (Å²) in [7, 11) is 0. The Hall–Kier alpha value is -1.92. The van der Waals surface area contributed by atoms with Gasteiger partial charge in [0.15, 0.2) is 11.5 Å². The highest BCUT2D eigenvalue weighted by Crippen LogP contribution is 2.38. The van der Waals surface area contributed by atoms with Gasteiger partial charge in [-0.1, -0.05) is 6.07 Å². The molecule has 88 valence electrons. The highest BCUT2D eigenvalue weighted by molar-refractivity contribution is 5.71. The first-order chi connectivity index (χ1) is 7.29. The summed E-state index contributed by atoms with van der Waals surface area (Å²) >= 11 is 0. The van der Waals surface area contributed by atoms with E-state index in [0.29, 0.717) is 0 Å². The number of phenols is 1. The molecule has 0 saturated carbocycles. The molecule has 0 aliphatic heterocycles. The number of hydrogen-bond acceptors (Lipinski definition) is 4. The Labute approximate surface area is 88.2 Å². The molecule has 0 aliphatic rings. The Kier molecular flexibility index (Phi) is 3.26. The zero-order valence-electron chi connectivity index (χ0n) is 8.04. The van der Waals surface area contributed by atoms with E-state index in [4.69, 9.17) is 0 Å². The van der Waals surface area contributed by atoms with Crippen LogP contribution < -0.4 is 9.47 Å². The third kappa shape index (κ3) is 3.34. The zero-order chi connectivity index (χ0) is 12.3. The third-order valence-corrected chi connectivity index (χ3v) is 1.43. The molecule has 4 nitrogen and oxygen atoms in total. The smallest absolute Gasteiger partial charge is 0.504 e. The van der Waals surface area contributed by atoms with Gasteiger partial charge < -0.3 is 14.6 Å². The average Bonchev–Trinajstić information content (AvgIpc) is 2.08. The fourth-order valence-corrected chi connectivity index (χ4v) is 0.956. The van der Waals surface area contributed by atoms with Gasteiger partial charge in [0, 0.05) is 6.92 Å². The maximum atomic E-state index is 11.9. The molecule has 0 saturated heterocycles. The van der Waals surface area contributed by atoms with Crippen molar-refractivity contribution in [1.29, 1.82) is 0 Å². The van der Waals surface area contributed by atoms with E-state index < -0.39 is 29.6 Å². The molecule has 0 aromatic heterocycles. The molecule has 1 N–H and O–H groups in total. The number of esters is 1. The van der Waals surface area contributed by atoms with E-state index in [-0.39, 0.29) is 0 Å². The van der Waals surface area contributed by atoms with Crippen molar-refractivity contribution >= 4 is 5.97 Å². The number of phenolic OH excluding ortho intramolecular Hbond substituents is 1. The molecule has 7 heteroatoms. The fourth-order valence-electron chi connectivity index (χ4n) is 0.956. The largest absolute Gasteiger partial charge is 0.573 e. The molecule has 0 unspecified atom stereocenters. The molecule has 16 heavy (non-hydrogen) atoms. The lowest BCUT2D eigenvalue weighted by molar-refractivity contribution is -0.275. The first-order valence-corrected chi connectivity index (χ1v) is 4.06. The van der Waals surface area contributed by atoms with Crippen LogP contribution in [0.1, 0.15) is 6.92 Å². The Morgan fingerprint density at radius 3 is 2.50 bits per heavy atom. The fraction of sp³-hybridized carbons (Fsp3) is 0.222. The van der Waals surface area contributed by atoms with Crippen molar-refractivity contribution in [2.24, 2.45) is 0 Å². The summed E-state index contributed by atoms with van der Waals surface area (Å²) in [5.74, 6) is -2.92. The lowest BCUT2D eigenvalue weighted by atomic mass is 10.3. The number of rotatable bonds is 2. The molecule has 1 aromatic rings. The number of halogens is 3. The van der Waals surface area contributed by atoms with Gasteiger partial charge >= 0.3 is 12.3 Å². The van der Waals surface area contributed by atoms with Crippen LogP contribution in [0.15, 0.2) is 18.2 Å². The van der Waals surface area contributed by atoms with Gasteiger partial charge in [-0.2, -0.15) is 0 Å². The van der Waals surface area contributed by atoms with Gasteiger partial charge in [-0.15, -0.1) is 13.2 Å². The van der Waals surface area contributed by atoms with Gasteiger partial charge in [-0.3, -0.25) is 4.79 Å². The molecule has 1 aromatic carbocycles. The molecule has 0 radical (unpaired) electrons. The number of carbonyl (C=O) groups is 1. The standard InChI is InChI=1S/C9H7F3O4/c1-5(13)15-8-6(14)3-2-4-7(8)16-9(10,11)12/h2-4,14H,1H3. The van der Waals surface area contributed by atoms with Crippen molar-refractivity contribution in [3.05, 3.63) is 18.2 Å². The number of ether oxygens (including phenoxy) is 2. The average molecular weight is 236 g/mol. The lowest BCUT2D eigenvalue weighted by Crippen LogP contribution is -2.18. The predicted molar refractivity (Wildman–Crippen MR) is 46.1 cm³/mol. The van der Waals surface area contributed by atoms with Crippen LogP contribution in [0.5, 0.6) is 17.2 Å². The van der Waals surface area contributed by atoms with Gasteiger partial charge in [0.1, 0.15) is 0 Å². The van der Waals surface area contributed by atoms with Crippen LogP contribution in [0, 0.1) is 0 Å². The number of alkyl halides is 3. The van der Waals surface area contributed by atoms with Crippen molar-refractivity contribution in [1.82, 2.24) is 0 Å². The third-order valence-electron chi connectivity index (χ3n) is 1.43. The molecule has 0 atom stereocenters. The van der Waals surface area contributed by atoms with Gasteiger partial charge in [-0.05, 0) is 12.1 Å². The highest BCUT2D eigenvalue weighted by Gasteiger charge is 2.33. The molecule has 0 fully saturated rings. The molecule has 0 spiro atoms. The van der Waals surface area contributed by atoms with Crippen molar-refractivity contribution < 1.29 is 32.5 Å². The molecule has 0 aliphatic carbocycles. The Balaban J connectivity index is 3.07. The summed E-state index contributed by atoms with van der Waals surface area (Å²) in [6.45, 7) is 0.990. The molecule has 1 rings (SSSR count). The van der Waals surface area contributed by atoms with Gasteiger partial charge in [-0.25, -0.2) is 0 Å². The second-order valence-electron chi connectivity index (χ2n) is 2.75. The predicted octanol–water partition coefficient (Wildman–Crippen LogP) is 2.22. The summed E-state index contributed by atoms with van der Waals surface area (Å²) in [5.41, 5.74) is 0. The molecule has 0 amide bonds. The SMILES string of the molecule is CC(=O)Oc1c(O)cccc1OC(F)(F)F. The minimum absolute atomic E-state index is 0.614. The molecule has 0 bridgehead atoms. The van der Waals surface area contributed by atoms with Crippen molar-refractivity contribution in [2.45, 2.75) is 13.3 Å². The minimum Gasteiger partial charge on any atom is -0.504 e. The number of carbonyl (C=O) groups excluding carboxylic acids is 1. The Morgan fingerprint density at radius 2 is 2.00 bits per heavy atom. The molecular weight excluding hydrogens is 229 g/mol. The van der Waals surface area contributed by atoms with Gasteiger partial charge in [0.2, 0.25) is 5.75 Å². The van der Waals surface area contributed by atoms with E-state index in [9.17, 15) is 23.1 Å². The maximum Gasteiger partial charge on any atom is 0.573 e. The van der Waals surface area contributed by atoms with Crippen LogP contribution in [-0.2, 0) is 4.79 Å². The van der Waals surface area contributed by atoms with E-state index in [1.54, 1.807) is 0 Å². The first-order valence-electron chi connectivity index (χ1n) is 4.06. The van der Waals surface area contributed by atoms with Crippen LogP contribution in [0.4, 0.5) is 13.2 Å². The lowest BCUT2D eigenvalue weighted by Gasteiger charge is -2.13. The van der Waals surface area contributed by atoms with Crippen molar-refractivity contribution in [2.75, 3.05) is 0 Å². The number of aromatic hydroxyl groups is 1. The van der Waals surface area contributed by atoms with Crippen LogP contribution in [0.3, 0.4) is 0 Å². The number of benzene rings is 1. The van der Waals surface area contributed by atoms with Crippen LogP contribution in [0.25, 0.3) is 0 Å². The number of hydrogen-bond donors (Lipinski definition) is 1. The maximum absolute atomic E-state index is 11.9. The van der Waals surface area contributed by atoms with E-state index in [2.05, 4.69) is 9.47 Å². The summed E-state index contributed by atoms with van der Waals surface area (Å²) in [6, 6.07) is 3.12. The monoisotopic (exact) mass is 236 g/mol. The van der Waals surface area contributed by atoms with Crippen molar-refractivity contribution in [3.8, 4) is 17.2 Å². The minimum atomic E-state index is -4.93. The normalized spacial score (nSPS) is 11.0. The van der Waals surface area contributed by atoms with E-state index >= 15 is 0 Å². The van der Waals surface area contributed by atoms with Gasteiger partial charge in [0.25, 0.3) is 0 Å². The van der Waals surface area contributed by atoms with Crippen LogP contribution in [-0.4, -0.2) is 17.4 Å². The summed E-state index contributed by atoms with van der Waals surface area (Å²) in [4.78, 5) is 10.6. The summed E-state index contributed by atoms with van der Waals surface area (Å²) in [5, 5.41) is 9.21. The zero-order valence-corrected chi connectivity index (χ0v) is 8.04. The molecular formula is C9H7F3O4. The molecule has 0 heterocycles. The van der Waals surface area contributed by atoms with Crippen LogP contribution >= 0.6 is 0 Å². The van der Waals surface area contributed by atoms with Gasteiger partial charge in [0.05, 0.1) is 0 Å². The number of para-hydroxylation sites is 1. The summed E-state index contributed by atoms with van der Waals surface area (Å²) < 4.78 is 43.8. The quantitative estimate of drug-likeness (QED) is 0.631. The topological polar surface area (TPSA) is 55.8 Å². The van der Waals surface area contributed by atoms with Crippen LogP contribution in [0.2, 0.25) is 0 Å². The van der Waals surface area contributed by atoms with E-state index in [1.165, 1.54) is 0 Å². The van der Waals surface area contributed by atoms with E-state index in [1.807, 2.05) is 0 Å². The Bertz CT molecular complexity index is 400. The summed E-state index contributed by atoms with van der Waals surface area (Å²) in [6.07, 6.45) is -4.93.